The molecular weight excluding hydrogens is 360 g/mol. The van der Waals surface area contributed by atoms with Gasteiger partial charge in [-0.1, -0.05) is 11.6 Å². The summed E-state index contributed by atoms with van der Waals surface area (Å²) in [6.07, 6.45) is 2.28. The average Bonchev–Trinajstić information content (AvgIpc) is 2.64. The van der Waals surface area contributed by atoms with Crippen molar-refractivity contribution in [1.82, 2.24) is 0 Å². The van der Waals surface area contributed by atoms with Crippen LogP contribution in [0.4, 0.5) is 0 Å². The Bertz CT molecular complexity index is 1070. The number of fused-ring (bicyclic) bond motifs is 2. The molecule has 0 saturated heterocycles. The van der Waals surface area contributed by atoms with Gasteiger partial charge in [0.15, 0.2) is 11.6 Å². The van der Waals surface area contributed by atoms with Crippen LogP contribution in [0.3, 0.4) is 0 Å². The molecule has 6 heteroatoms. The summed E-state index contributed by atoms with van der Waals surface area (Å²) in [5.74, 6) is -2.51. The van der Waals surface area contributed by atoms with Gasteiger partial charge in [0.2, 0.25) is 0 Å². The number of benzene rings is 2. The number of ketones is 2. The number of aromatic hydroxyl groups is 2. The van der Waals surface area contributed by atoms with Crippen molar-refractivity contribution in [2.24, 2.45) is 0 Å². The molecule has 3 rings (SSSR count). The zero-order valence-electron chi connectivity index (χ0n) is 16.0. The maximum atomic E-state index is 13.1. The number of rotatable bonds is 3. The molecule has 28 heavy (non-hydrogen) atoms. The molecule has 2 aromatic carbocycles. The topological polar surface area (TPSA) is 101 Å². The monoisotopic (exact) mass is 380 g/mol. The van der Waals surface area contributed by atoms with Gasteiger partial charge in [-0.3, -0.25) is 9.59 Å². The van der Waals surface area contributed by atoms with Crippen molar-refractivity contribution >= 4 is 17.5 Å². The Labute approximate surface area is 162 Å². The highest BCUT2D eigenvalue weighted by Crippen LogP contribution is 2.39. The molecule has 0 amide bonds. The molecule has 0 heterocycles. The fraction of sp³-hybridized carbons (Fsp3) is 0.227. The van der Waals surface area contributed by atoms with Crippen LogP contribution in [0, 0.1) is 6.92 Å². The summed E-state index contributed by atoms with van der Waals surface area (Å²) in [7, 11) is 1.17. The van der Waals surface area contributed by atoms with Crippen LogP contribution in [-0.2, 0) is 11.2 Å². The van der Waals surface area contributed by atoms with Crippen LogP contribution in [0.15, 0.2) is 29.8 Å². The Balaban J connectivity index is 2.23. The second-order valence-electron chi connectivity index (χ2n) is 7.00. The summed E-state index contributed by atoms with van der Waals surface area (Å²) in [5, 5.41) is 20.9. The van der Waals surface area contributed by atoms with Crippen molar-refractivity contribution in [3.63, 3.8) is 0 Å². The van der Waals surface area contributed by atoms with E-state index in [4.69, 9.17) is 0 Å². The third kappa shape index (κ3) is 2.97. The predicted octanol–water partition coefficient (Wildman–Crippen LogP) is 3.48. The van der Waals surface area contributed by atoms with Crippen LogP contribution < -0.4 is 0 Å². The molecule has 144 valence electrons. The molecule has 0 fully saturated rings. The normalized spacial score (nSPS) is 12.3. The number of esters is 1. The van der Waals surface area contributed by atoms with Gasteiger partial charge in [-0.05, 0) is 56.5 Å². The Morgan fingerprint density at radius 3 is 2.29 bits per heavy atom. The molecule has 0 spiro atoms. The van der Waals surface area contributed by atoms with Crippen molar-refractivity contribution in [3.8, 4) is 11.5 Å². The quantitative estimate of drug-likeness (QED) is 0.533. The van der Waals surface area contributed by atoms with Gasteiger partial charge in [0.05, 0.1) is 12.7 Å². The number of hydrogen-bond acceptors (Lipinski definition) is 6. The van der Waals surface area contributed by atoms with E-state index >= 15 is 0 Å². The van der Waals surface area contributed by atoms with Gasteiger partial charge in [-0.2, -0.15) is 0 Å². The van der Waals surface area contributed by atoms with Crippen molar-refractivity contribution in [2.45, 2.75) is 27.2 Å². The first kappa shape index (κ1) is 19.4. The maximum Gasteiger partial charge on any atom is 0.341 e. The smallest absolute Gasteiger partial charge is 0.341 e. The minimum absolute atomic E-state index is 0.00315. The molecular formula is C22H20O6. The highest BCUT2D eigenvalue weighted by atomic mass is 16.5. The lowest BCUT2D eigenvalue weighted by Crippen LogP contribution is -2.23. The molecule has 2 aromatic rings. The zero-order chi connectivity index (χ0) is 20.7. The third-order valence-electron chi connectivity index (χ3n) is 4.80. The molecule has 1 aliphatic carbocycles. The number of phenols is 2. The third-order valence-corrected chi connectivity index (χ3v) is 4.80. The second-order valence-corrected chi connectivity index (χ2v) is 7.00. The van der Waals surface area contributed by atoms with E-state index < -0.39 is 23.3 Å². The molecule has 0 bridgehead atoms. The van der Waals surface area contributed by atoms with E-state index in [1.54, 1.807) is 6.92 Å². The fourth-order valence-corrected chi connectivity index (χ4v) is 3.33. The molecule has 0 radical (unpaired) electrons. The molecule has 0 saturated carbocycles. The fourth-order valence-electron chi connectivity index (χ4n) is 3.33. The van der Waals surface area contributed by atoms with E-state index in [-0.39, 0.29) is 33.6 Å². The van der Waals surface area contributed by atoms with Gasteiger partial charge >= 0.3 is 5.97 Å². The number of hydrogen-bond donors (Lipinski definition) is 2. The first-order valence-electron chi connectivity index (χ1n) is 8.70. The van der Waals surface area contributed by atoms with Gasteiger partial charge < -0.3 is 14.9 Å². The van der Waals surface area contributed by atoms with E-state index in [1.165, 1.54) is 25.3 Å². The average molecular weight is 380 g/mol. The summed E-state index contributed by atoms with van der Waals surface area (Å²) in [6, 6.07) is 4.14. The Morgan fingerprint density at radius 1 is 1.04 bits per heavy atom. The number of carbonyl (C=O) groups is 3. The van der Waals surface area contributed by atoms with Gasteiger partial charge in [0.25, 0.3) is 0 Å². The molecule has 2 N–H and O–H groups in total. The summed E-state index contributed by atoms with van der Waals surface area (Å²) < 4.78 is 4.68. The van der Waals surface area contributed by atoms with E-state index in [9.17, 15) is 24.6 Å². The number of allylic oxidation sites excluding steroid dienone is 2. The van der Waals surface area contributed by atoms with Crippen molar-refractivity contribution in [1.29, 1.82) is 0 Å². The Hall–Kier alpha value is -3.41. The van der Waals surface area contributed by atoms with Crippen molar-refractivity contribution in [3.05, 3.63) is 68.8 Å². The highest BCUT2D eigenvalue weighted by molar-refractivity contribution is 6.30. The van der Waals surface area contributed by atoms with Crippen LogP contribution in [0.2, 0.25) is 0 Å². The number of aryl methyl sites for hydroxylation is 1. The van der Waals surface area contributed by atoms with Crippen molar-refractivity contribution < 1.29 is 29.3 Å². The van der Waals surface area contributed by atoms with Gasteiger partial charge in [0.1, 0.15) is 17.1 Å². The lowest BCUT2D eigenvalue weighted by Gasteiger charge is -2.21. The van der Waals surface area contributed by atoms with Crippen LogP contribution in [0.1, 0.15) is 67.2 Å². The number of carbonyl (C=O) groups excluding carboxylic acids is 3. The van der Waals surface area contributed by atoms with Gasteiger partial charge in [-0.15, -0.1) is 0 Å². The van der Waals surface area contributed by atoms with Gasteiger partial charge in [0, 0.05) is 16.7 Å². The van der Waals surface area contributed by atoms with Crippen LogP contribution in [0.5, 0.6) is 11.5 Å². The standard InChI is InChI=1S/C22H20O6/c1-10(2)5-6-12-8-13-14(9-16(12)23)19(24)15-7-11(3)17(22(27)28-4)21(26)18(15)20(13)25/h5,7-9,23,26H,6H2,1-4H3. The molecule has 0 aliphatic heterocycles. The van der Waals surface area contributed by atoms with Gasteiger partial charge in [-0.25, -0.2) is 4.79 Å². The van der Waals surface area contributed by atoms with E-state index in [0.29, 0.717) is 17.5 Å². The van der Waals surface area contributed by atoms with Crippen LogP contribution in [-0.4, -0.2) is 34.9 Å². The summed E-state index contributed by atoms with van der Waals surface area (Å²) in [4.78, 5) is 38.0. The van der Waals surface area contributed by atoms with E-state index in [1.807, 2.05) is 19.9 Å². The Kier molecular flexibility index (Phi) is 4.81. The molecule has 0 atom stereocenters. The Morgan fingerprint density at radius 2 is 1.68 bits per heavy atom. The largest absolute Gasteiger partial charge is 0.508 e. The van der Waals surface area contributed by atoms with Crippen molar-refractivity contribution in [2.75, 3.05) is 7.11 Å². The SMILES string of the molecule is COC(=O)c1c(C)cc2c(c1O)C(=O)c1cc(CC=C(C)C)c(O)cc1C2=O. The summed E-state index contributed by atoms with van der Waals surface area (Å²) >= 11 is 0. The molecule has 1 aliphatic rings. The lowest BCUT2D eigenvalue weighted by molar-refractivity contribution is 0.0596. The maximum absolute atomic E-state index is 13.1. The second kappa shape index (κ2) is 6.96. The number of methoxy groups -OCH3 is 1. The predicted molar refractivity (Wildman–Crippen MR) is 102 cm³/mol. The minimum atomic E-state index is -0.793. The van der Waals surface area contributed by atoms with E-state index in [0.717, 1.165) is 5.57 Å². The summed E-state index contributed by atoms with van der Waals surface area (Å²) in [5.41, 5.74) is 1.64. The van der Waals surface area contributed by atoms with Crippen LogP contribution in [0.25, 0.3) is 0 Å². The molecule has 0 aromatic heterocycles. The minimum Gasteiger partial charge on any atom is -0.508 e. The van der Waals surface area contributed by atoms with E-state index in [2.05, 4.69) is 4.74 Å². The zero-order valence-corrected chi connectivity index (χ0v) is 16.0. The first-order valence-corrected chi connectivity index (χ1v) is 8.70. The number of phenolic OH excluding ortho intramolecular Hbond substituents is 2. The summed E-state index contributed by atoms with van der Waals surface area (Å²) in [6.45, 7) is 5.36. The molecule has 0 unspecified atom stereocenters. The highest BCUT2D eigenvalue weighted by Gasteiger charge is 2.36. The first-order chi connectivity index (χ1) is 13.2. The molecule has 6 nitrogen and oxygen atoms in total. The van der Waals surface area contributed by atoms with Crippen LogP contribution >= 0.6 is 0 Å². The number of ether oxygens (including phenoxy) is 1. The lowest BCUT2D eigenvalue weighted by atomic mass is 9.80.